The molecule has 1 rings (SSSR count). The molecule has 35 heavy (non-hydrogen) atoms. The molecule has 3 amide bonds. The summed E-state index contributed by atoms with van der Waals surface area (Å²) < 4.78 is 6.08. The van der Waals surface area contributed by atoms with Crippen molar-refractivity contribution in [1.82, 2.24) is 10.2 Å². The number of likely N-dealkylation sites (tertiary alicyclic amines) is 1. The summed E-state index contributed by atoms with van der Waals surface area (Å²) in [6, 6.07) is 0. The number of nitrogens with one attached hydrogen (secondary N) is 1. The summed E-state index contributed by atoms with van der Waals surface area (Å²) in [5, 5.41) is 2.80. The van der Waals surface area contributed by atoms with Crippen LogP contribution in [-0.2, 0) is 23.9 Å². The molecular weight excluding hydrogens is 463 g/mol. The van der Waals surface area contributed by atoms with Crippen molar-refractivity contribution in [3.63, 3.8) is 0 Å². The molecule has 0 aromatic carbocycles. The maximum absolute atomic E-state index is 12.8. The number of hydrogen-bond donors (Lipinski definition) is 1. The lowest BCUT2D eigenvalue weighted by Crippen LogP contribution is -2.49. The fraction of sp³-hybridized carbons (Fsp3) is 0.846. The van der Waals surface area contributed by atoms with Crippen molar-refractivity contribution < 1.29 is 23.9 Å². The molecule has 0 spiro atoms. The Hall–Kier alpha value is -1.35. The molecule has 0 radical (unpaired) electrons. The molecule has 200 valence electrons. The summed E-state index contributed by atoms with van der Waals surface area (Å²) in [6.45, 7) is 18.1. The van der Waals surface area contributed by atoms with E-state index in [0.717, 1.165) is 18.6 Å². The van der Waals surface area contributed by atoms with E-state index in [-0.39, 0.29) is 47.1 Å². The van der Waals surface area contributed by atoms with Gasteiger partial charge in [0.2, 0.25) is 17.7 Å². The Morgan fingerprint density at radius 2 is 1.63 bits per heavy atom. The Balaban J connectivity index is 2.55. The molecule has 7 nitrogen and oxygen atoms in total. The minimum Gasteiger partial charge on any atom is -0.376 e. The average molecular weight is 511 g/mol. The van der Waals surface area contributed by atoms with Crippen LogP contribution in [0.15, 0.2) is 0 Å². The Labute approximate surface area is 217 Å². The van der Waals surface area contributed by atoms with Gasteiger partial charge in [0.25, 0.3) is 0 Å². The first-order valence-electron chi connectivity index (χ1n) is 12.8. The number of ether oxygens (including phenoxy) is 1. The number of amides is 3. The SMILES string of the molecule is BC(=O)C(C)(C)CCOC(C)(C)CCC(C)(C)NC(=O)CCC(C)(C)N1C(=O)CC(SCC)C1=O. The molecule has 1 N–H and O–H groups in total. The number of rotatable bonds is 15. The molecule has 0 bridgehead atoms. The van der Waals surface area contributed by atoms with Gasteiger partial charge >= 0.3 is 0 Å². The Morgan fingerprint density at radius 3 is 2.17 bits per heavy atom. The Bertz CT molecular complexity index is 795. The largest absolute Gasteiger partial charge is 0.376 e. The standard InChI is InChI=1S/C26H47BN2O5S/c1-10-35-18-17-20(31)29(21(18)32)25(6,7)12-11-19(30)28-24(4,5)13-14-26(8,9)34-16-15-23(2,3)22(27)33/h18H,10-17,27H2,1-9H3,(H,28,30). The van der Waals surface area contributed by atoms with Crippen LogP contribution in [0.2, 0.25) is 0 Å². The highest BCUT2D eigenvalue weighted by atomic mass is 32.2. The first-order chi connectivity index (χ1) is 15.8. The molecule has 0 saturated carbocycles. The zero-order chi connectivity index (χ0) is 27.2. The van der Waals surface area contributed by atoms with Crippen LogP contribution in [0.1, 0.15) is 101 Å². The molecule has 1 aliphatic rings. The molecule has 0 aliphatic carbocycles. The number of carbonyl (C=O) groups is 4. The van der Waals surface area contributed by atoms with Gasteiger partial charge in [-0.15, -0.1) is 11.8 Å². The summed E-state index contributed by atoms with van der Waals surface area (Å²) in [5.74, 6) is 0.402. The lowest BCUT2D eigenvalue weighted by Gasteiger charge is -2.35. The van der Waals surface area contributed by atoms with Crippen LogP contribution in [-0.4, -0.2) is 70.4 Å². The normalized spacial score (nSPS) is 17.7. The first-order valence-corrected chi connectivity index (χ1v) is 13.8. The maximum atomic E-state index is 12.8. The van der Waals surface area contributed by atoms with Crippen molar-refractivity contribution in [3.05, 3.63) is 0 Å². The molecule has 0 aromatic heterocycles. The zero-order valence-corrected chi connectivity index (χ0v) is 24.4. The summed E-state index contributed by atoms with van der Waals surface area (Å²) in [5.41, 5.74) is -1.74. The van der Waals surface area contributed by atoms with Crippen molar-refractivity contribution in [2.45, 2.75) is 123 Å². The number of hydrogen-bond acceptors (Lipinski definition) is 6. The fourth-order valence-corrected chi connectivity index (χ4v) is 4.96. The van der Waals surface area contributed by atoms with Gasteiger partial charge in [-0.3, -0.25) is 19.3 Å². The first kappa shape index (κ1) is 31.7. The van der Waals surface area contributed by atoms with E-state index >= 15 is 0 Å². The van der Waals surface area contributed by atoms with Crippen molar-refractivity contribution in [2.24, 2.45) is 5.41 Å². The van der Waals surface area contributed by atoms with E-state index in [2.05, 4.69) is 5.32 Å². The van der Waals surface area contributed by atoms with E-state index in [1.165, 1.54) is 16.7 Å². The summed E-state index contributed by atoms with van der Waals surface area (Å²) in [6.07, 6.45) is 3.03. The van der Waals surface area contributed by atoms with Gasteiger partial charge in [-0.1, -0.05) is 20.8 Å². The van der Waals surface area contributed by atoms with Gasteiger partial charge in [-0.25, -0.2) is 0 Å². The number of imide groups is 1. The van der Waals surface area contributed by atoms with Crippen LogP contribution in [0.4, 0.5) is 0 Å². The summed E-state index contributed by atoms with van der Waals surface area (Å²) >= 11 is 1.50. The van der Waals surface area contributed by atoms with Gasteiger partial charge in [-0.05, 0) is 73.0 Å². The lowest BCUT2D eigenvalue weighted by atomic mass is 9.75. The van der Waals surface area contributed by atoms with Crippen LogP contribution >= 0.6 is 11.8 Å². The van der Waals surface area contributed by atoms with Crippen molar-refractivity contribution >= 4 is 43.0 Å². The number of nitrogens with zero attached hydrogens (tertiary/aromatic N) is 1. The van der Waals surface area contributed by atoms with E-state index in [1.54, 1.807) is 7.85 Å². The number of thioether (sulfide) groups is 1. The minimum atomic E-state index is -0.706. The van der Waals surface area contributed by atoms with Crippen LogP contribution < -0.4 is 5.32 Å². The van der Waals surface area contributed by atoms with Gasteiger partial charge < -0.3 is 14.8 Å². The van der Waals surface area contributed by atoms with Crippen LogP contribution in [0.25, 0.3) is 0 Å². The maximum Gasteiger partial charge on any atom is 0.243 e. The third-order valence-electron chi connectivity index (χ3n) is 7.05. The van der Waals surface area contributed by atoms with Crippen molar-refractivity contribution in [3.8, 4) is 0 Å². The zero-order valence-electron chi connectivity index (χ0n) is 23.6. The van der Waals surface area contributed by atoms with Crippen LogP contribution in [0.3, 0.4) is 0 Å². The monoisotopic (exact) mass is 510 g/mol. The predicted octanol–water partition coefficient (Wildman–Crippen LogP) is 3.47. The summed E-state index contributed by atoms with van der Waals surface area (Å²) in [4.78, 5) is 51.1. The highest BCUT2D eigenvalue weighted by molar-refractivity contribution is 8.00. The van der Waals surface area contributed by atoms with E-state index in [4.69, 9.17) is 4.74 Å². The molecule has 1 saturated heterocycles. The lowest BCUT2D eigenvalue weighted by molar-refractivity contribution is -0.145. The van der Waals surface area contributed by atoms with Gasteiger partial charge in [0.05, 0.1) is 16.5 Å². The van der Waals surface area contributed by atoms with Crippen LogP contribution in [0.5, 0.6) is 0 Å². The molecule has 0 aromatic rings. The second-order valence-corrected chi connectivity index (χ2v) is 13.7. The minimum absolute atomic E-state index is 0.0939. The Kier molecular flexibility index (Phi) is 11.1. The molecular formula is C26H47BN2O5S. The van der Waals surface area contributed by atoms with E-state index in [9.17, 15) is 19.2 Å². The van der Waals surface area contributed by atoms with E-state index in [1.807, 2.05) is 62.3 Å². The quantitative estimate of drug-likeness (QED) is 0.268. The third kappa shape index (κ3) is 9.91. The predicted molar refractivity (Wildman–Crippen MR) is 145 cm³/mol. The molecule has 1 unspecified atom stereocenters. The molecule has 1 heterocycles. The smallest absolute Gasteiger partial charge is 0.243 e. The molecule has 1 aliphatic heterocycles. The molecule has 9 heteroatoms. The average Bonchev–Trinajstić information content (AvgIpc) is 2.98. The van der Waals surface area contributed by atoms with Gasteiger partial charge in [0, 0.05) is 35.9 Å². The third-order valence-corrected chi connectivity index (χ3v) is 8.15. The van der Waals surface area contributed by atoms with E-state index in [0.29, 0.717) is 19.4 Å². The van der Waals surface area contributed by atoms with Crippen molar-refractivity contribution in [1.29, 1.82) is 0 Å². The van der Waals surface area contributed by atoms with Crippen LogP contribution in [0, 0.1) is 5.41 Å². The second kappa shape index (κ2) is 12.3. The topological polar surface area (TPSA) is 92.8 Å². The molecule has 1 atom stereocenters. The van der Waals surface area contributed by atoms with Crippen molar-refractivity contribution in [2.75, 3.05) is 12.4 Å². The van der Waals surface area contributed by atoms with Gasteiger partial charge in [0.1, 0.15) is 0 Å². The van der Waals surface area contributed by atoms with E-state index < -0.39 is 16.5 Å². The molecule has 1 fully saturated rings. The second-order valence-electron chi connectivity index (χ2n) is 12.3. The highest BCUT2D eigenvalue weighted by Crippen LogP contribution is 2.33. The fourth-order valence-electron chi connectivity index (χ4n) is 4.05. The van der Waals surface area contributed by atoms with Gasteiger partial charge in [0.15, 0.2) is 7.85 Å². The summed E-state index contributed by atoms with van der Waals surface area (Å²) in [7, 11) is 1.61. The Morgan fingerprint density at radius 1 is 1.03 bits per heavy atom. The number of carbonyl (C=O) groups excluding carboxylic acids is 4. The highest BCUT2D eigenvalue weighted by Gasteiger charge is 2.46. The van der Waals surface area contributed by atoms with Gasteiger partial charge in [-0.2, -0.15) is 0 Å².